The van der Waals surface area contributed by atoms with Crippen molar-refractivity contribution in [1.82, 2.24) is 0 Å². The standard InChI is InChI=1S/C12H15NO4S/c1-3-17-10-4-9-13-18(14,15)12-7-5-11(16-2)6-8-12/h4-10H,3H2,1-2H3/b10-4+,13-9+. The lowest BCUT2D eigenvalue weighted by molar-refractivity contribution is 0.270. The fourth-order valence-corrected chi connectivity index (χ4v) is 1.94. The summed E-state index contributed by atoms with van der Waals surface area (Å²) in [5.41, 5.74) is 0. The highest BCUT2D eigenvalue weighted by Gasteiger charge is 2.10. The maximum Gasteiger partial charge on any atom is 0.282 e. The fraction of sp³-hybridized carbons (Fsp3) is 0.250. The minimum Gasteiger partial charge on any atom is -0.501 e. The topological polar surface area (TPSA) is 65.0 Å². The van der Waals surface area contributed by atoms with Crippen LogP contribution in [0.15, 0.2) is 45.9 Å². The molecule has 0 N–H and O–H groups in total. The molecule has 0 aliphatic rings. The Morgan fingerprint density at radius 3 is 2.50 bits per heavy atom. The summed E-state index contributed by atoms with van der Waals surface area (Å²) in [6.45, 7) is 2.35. The molecule has 5 nitrogen and oxygen atoms in total. The van der Waals surface area contributed by atoms with Gasteiger partial charge < -0.3 is 9.47 Å². The number of hydrogen-bond donors (Lipinski definition) is 0. The van der Waals surface area contributed by atoms with Crippen molar-refractivity contribution >= 4 is 16.2 Å². The van der Waals surface area contributed by atoms with Gasteiger partial charge in [-0.2, -0.15) is 12.8 Å². The van der Waals surface area contributed by atoms with Crippen LogP contribution in [0.2, 0.25) is 0 Å². The molecule has 0 saturated carbocycles. The van der Waals surface area contributed by atoms with E-state index in [-0.39, 0.29) is 4.90 Å². The van der Waals surface area contributed by atoms with Crippen molar-refractivity contribution < 1.29 is 17.9 Å². The van der Waals surface area contributed by atoms with Gasteiger partial charge in [-0.1, -0.05) is 0 Å². The molecule has 18 heavy (non-hydrogen) atoms. The molecule has 0 heterocycles. The number of ether oxygens (including phenoxy) is 2. The highest BCUT2D eigenvalue weighted by atomic mass is 32.2. The Hall–Kier alpha value is -1.82. The van der Waals surface area contributed by atoms with Crippen molar-refractivity contribution in [3.8, 4) is 5.75 Å². The van der Waals surface area contributed by atoms with Crippen molar-refractivity contribution in [1.29, 1.82) is 0 Å². The Morgan fingerprint density at radius 1 is 1.28 bits per heavy atom. The van der Waals surface area contributed by atoms with E-state index in [1.165, 1.54) is 37.8 Å². The minimum absolute atomic E-state index is 0.115. The van der Waals surface area contributed by atoms with Gasteiger partial charge in [-0.25, -0.2) is 0 Å². The van der Waals surface area contributed by atoms with Crippen LogP contribution in [0.1, 0.15) is 6.92 Å². The molecule has 0 radical (unpaired) electrons. The molecule has 0 aliphatic heterocycles. The normalized spacial score (nSPS) is 12.1. The molecule has 0 fully saturated rings. The van der Waals surface area contributed by atoms with Crippen LogP contribution in [-0.4, -0.2) is 28.3 Å². The van der Waals surface area contributed by atoms with Crippen LogP contribution in [0.3, 0.4) is 0 Å². The number of hydrogen-bond acceptors (Lipinski definition) is 4. The molecule has 1 aromatic carbocycles. The van der Waals surface area contributed by atoms with E-state index >= 15 is 0 Å². The van der Waals surface area contributed by atoms with Gasteiger partial charge >= 0.3 is 0 Å². The van der Waals surface area contributed by atoms with E-state index < -0.39 is 10.0 Å². The predicted molar refractivity (Wildman–Crippen MR) is 69.4 cm³/mol. The van der Waals surface area contributed by atoms with Crippen molar-refractivity contribution in [3.05, 3.63) is 36.6 Å². The van der Waals surface area contributed by atoms with E-state index in [4.69, 9.17) is 9.47 Å². The van der Waals surface area contributed by atoms with Gasteiger partial charge in [-0.05, 0) is 37.3 Å². The fourth-order valence-electron chi connectivity index (χ4n) is 1.11. The van der Waals surface area contributed by atoms with Gasteiger partial charge in [0.15, 0.2) is 0 Å². The number of methoxy groups -OCH3 is 1. The predicted octanol–water partition coefficient (Wildman–Crippen LogP) is 2.00. The number of rotatable bonds is 6. The average molecular weight is 269 g/mol. The molecule has 98 valence electrons. The molecule has 0 unspecified atom stereocenters. The highest BCUT2D eigenvalue weighted by Crippen LogP contribution is 2.16. The molecule has 1 aromatic rings. The van der Waals surface area contributed by atoms with Crippen LogP contribution in [0.25, 0.3) is 0 Å². The van der Waals surface area contributed by atoms with Crippen LogP contribution in [0.5, 0.6) is 5.75 Å². The van der Waals surface area contributed by atoms with Crippen molar-refractivity contribution in [3.63, 3.8) is 0 Å². The number of sulfonamides is 1. The van der Waals surface area contributed by atoms with E-state index in [9.17, 15) is 8.42 Å². The van der Waals surface area contributed by atoms with Crippen LogP contribution in [0.4, 0.5) is 0 Å². The summed E-state index contributed by atoms with van der Waals surface area (Å²) in [4.78, 5) is 0.115. The van der Waals surface area contributed by atoms with Gasteiger partial charge in [-0.15, -0.1) is 0 Å². The molecule has 0 aliphatic carbocycles. The molecule has 1 rings (SSSR count). The highest BCUT2D eigenvalue weighted by molar-refractivity contribution is 7.90. The first-order valence-electron chi connectivity index (χ1n) is 5.31. The summed E-state index contributed by atoms with van der Waals surface area (Å²) < 4.78 is 36.8. The summed E-state index contributed by atoms with van der Waals surface area (Å²) in [5, 5.41) is 0. The number of allylic oxidation sites excluding steroid dienone is 1. The molecule has 6 heteroatoms. The second kappa shape index (κ2) is 6.80. The Bertz CT molecular complexity index is 518. The Labute approximate surface area is 107 Å². The van der Waals surface area contributed by atoms with E-state index in [0.29, 0.717) is 12.4 Å². The third kappa shape index (κ3) is 4.21. The third-order valence-electron chi connectivity index (χ3n) is 1.98. The molecule has 0 atom stereocenters. The van der Waals surface area contributed by atoms with E-state index in [0.717, 1.165) is 0 Å². The van der Waals surface area contributed by atoms with Gasteiger partial charge in [0, 0.05) is 6.21 Å². The van der Waals surface area contributed by atoms with Gasteiger partial charge in [0.2, 0.25) is 0 Å². The maximum atomic E-state index is 11.8. The molecule has 0 amide bonds. The monoisotopic (exact) mass is 269 g/mol. The molecule has 0 spiro atoms. The van der Waals surface area contributed by atoms with Crippen molar-refractivity contribution in [2.45, 2.75) is 11.8 Å². The van der Waals surface area contributed by atoms with E-state index in [1.807, 2.05) is 6.92 Å². The quantitative estimate of drug-likeness (QED) is 0.585. The lowest BCUT2D eigenvalue weighted by Crippen LogP contribution is -1.96. The van der Waals surface area contributed by atoms with E-state index in [2.05, 4.69) is 4.40 Å². The largest absolute Gasteiger partial charge is 0.501 e. The maximum absolute atomic E-state index is 11.8. The zero-order chi connectivity index (χ0) is 13.4. The summed E-state index contributed by atoms with van der Waals surface area (Å²) in [6, 6.07) is 6.02. The second-order valence-electron chi connectivity index (χ2n) is 3.19. The summed E-state index contributed by atoms with van der Waals surface area (Å²) in [5.74, 6) is 0.592. The van der Waals surface area contributed by atoms with E-state index in [1.54, 1.807) is 12.1 Å². The summed E-state index contributed by atoms with van der Waals surface area (Å²) >= 11 is 0. The first-order chi connectivity index (χ1) is 8.60. The molecule has 0 bridgehead atoms. The zero-order valence-electron chi connectivity index (χ0n) is 10.2. The first-order valence-corrected chi connectivity index (χ1v) is 6.75. The second-order valence-corrected chi connectivity index (χ2v) is 4.82. The molecule has 0 aromatic heterocycles. The Balaban J connectivity index is 2.79. The molecule has 0 saturated heterocycles. The van der Waals surface area contributed by atoms with Crippen LogP contribution < -0.4 is 4.74 Å². The summed E-state index contributed by atoms with van der Waals surface area (Å²) in [7, 11) is -2.15. The number of nitrogens with zero attached hydrogens (tertiary/aromatic N) is 1. The lowest BCUT2D eigenvalue weighted by Gasteiger charge is -2.00. The number of benzene rings is 1. The third-order valence-corrected chi connectivity index (χ3v) is 3.25. The van der Waals surface area contributed by atoms with Gasteiger partial charge in [0.05, 0.1) is 24.9 Å². The first kappa shape index (κ1) is 14.2. The smallest absolute Gasteiger partial charge is 0.282 e. The van der Waals surface area contributed by atoms with Crippen LogP contribution in [0, 0.1) is 0 Å². The van der Waals surface area contributed by atoms with Crippen LogP contribution >= 0.6 is 0 Å². The SMILES string of the molecule is CCO/C=C/C=N/S(=O)(=O)c1ccc(OC)cc1. The van der Waals surface area contributed by atoms with Crippen LogP contribution in [-0.2, 0) is 14.8 Å². The van der Waals surface area contributed by atoms with Crippen molar-refractivity contribution in [2.24, 2.45) is 4.40 Å². The minimum atomic E-state index is -3.67. The zero-order valence-corrected chi connectivity index (χ0v) is 11.1. The Morgan fingerprint density at radius 2 is 1.94 bits per heavy atom. The van der Waals surface area contributed by atoms with Gasteiger partial charge in [0.1, 0.15) is 5.75 Å². The Kier molecular flexibility index (Phi) is 5.38. The average Bonchev–Trinajstić information content (AvgIpc) is 2.38. The van der Waals surface area contributed by atoms with Crippen molar-refractivity contribution in [2.75, 3.05) is 13.7 Å². The summed E-state index contributed by atoms with van der Waals surface area (Å²) in [6.07, 6.45) is 3.98. The molecular weight excluding hydrogens is 254 g/mol. The van der Waals surface area contributed by atoms with Gasteiger partial charge in [0.25, 0.3) is 10.0 Å². The lowest BCUT2D eigenvalue weighted by atomic mass is 10.3. The van der Waals surface area contributed by atoms with Gasteiger partial charge in [-0.3, -0.25) is 0 Å². The molecular formula is C12H15NO4S.